The molecule has 1 aromatic heterocycles. The molecule has 0 aliphatic rings. The molecule has 19 heavy (non-hydrogen) atoms. The molecular formula is C13H11Cl3N2O. The third-order valence-corrected chi connectivity index (χ3v) is 3.40. The molecule has 2 rings (SSSR count). The Morgan fingerprint density at radius 3 is 2.53 bits per heavy atom. The van der Waals surface area contributed by atoms with Gasteiger partial charge in [-0.15, -0.1) is 0 Å². The van der Waals surface area contributed by atoms with E-state index in [1.54, 1.807) is 31.4 Å². The zero-order valence-corrected chi connectivity index (χ0v) is 12.3. The first-order valence-electron chi connectivity index (χ1n) is 5.43. The molecule has 0 aliphatic heterocycles. The summed E-state index contributed by atoms with van der Waals surface area (Å²) in [6.45, 7) is 0. The second-order valence-corrected chi connectivity index (χ2v) is 5.16. The Balaban J connectivity index is 2.49. The molecule has 100 valence electrons. The summed E-state index contributed by atoms with van der Waals surface area (Å²) in [4.78, 5) is 4.17. The maximum absolute atomic E-state index is 6.18. The van der Waals surface area contributed by atoms with Crippen molar-refractivity contribution in [3.63, 3.8) is 0 Å². The fourth-order valence-corrected chi connectivity index (χ4v) is 2.43. The van der Waals surface area contributed by atoms with Crippen LogP contribution in [0.4, 0.5) is 0 Å². The van der Waals surface area contributed by atoms with Crippen LogP contribution in [0.5, 0.6) is 5.75 Å². The van der Waals surface area contributed by atoms with E-state index in [-0.39, 0.29) is 0 Å². The van der Waals surface area contributed by atoms with Gasteiger partial charge in [-0.2, -0.15) is 0 Å². The summed E-state index contributed by atoms with van der Waals surface area (Å²) >= 11 is 17.9. The Hall–Kier alpha value is -1.000. The van der Waals surface area contributed by atoms with Gasteiger partial charge in [-0.25, -0.2) is 0 Å². The third-order valence-electron chi connectivity index (χ3n) is 2.66. The molecule has 6 heteroatoms. The molecule has 0 spiro atoms. The summed E-state index contributed by atoms with van der Waals surface area (Å²) in [5.74, 6) is 0.629. The number of benzene rings is 1. The SMILES string of the molecule is COc1ccc(Cl)cc1C(N)c1ncc(Cl)cc1Cl. The number of halogens is 3. The van der Waals surface area contributed by atoms with Crippen molar-refractivity contribution in [2.24, 2.45) is 5.73 Å². The normalized spacial score (nSPS) is 12.3. The lowest BCUT2D eigenvalue weighted by Gasteiger charge is -2.16. The second kappa shape index (κ2) is 5.97. The highest BCUT2D eigenvalue weighted by atomic mass is 35.5. The van der Waals surface area contributed by atoms with Gasteiger partial charge in [0.2, 0.25) is 0 Å². The fourth-order valence-electron chi connectivity index (χ4n) is 1.75. The van der Waals surface area contributed by atoms with Crippen molar-refractivity contribution >= 4 is 34.8 Å². The highest BCUT2D eigenvalue weighted by Gasteiger charge is 2.18. The zero-order chi connectivity index (χ0) is 14.0. The number of methoxy groups -OCH3 is 1. The zero-order valence-electron chi connectivity index (χ0n) is 10.0. The molecule has 2 aromatic rings. The predicted octanol–water partition coefficient (Wildman–Crippen LogP) is 4.10. The van der Waals surface area contributed by atoms with E-state index in [4.69, 9.17) is 45.3 Å². The van der Waals surface area contributed by atoms with Crippen LogP contribution in [0.2, 0.25) is 15.1 Å². The minimum atomic E-state index is -0.543. The van der Waals surface area contributed by atoms with Crippen LogP contribution in [0.25, 0.3) is 0 Å². The van der Waals surface area contributed by atoms with Crippen molar-refractivity contribution in [1.82, 2.24) is 4.98 Å². The number of pyridine rings is 1. The molecule has 0 saturated carbocycles. The van der Waals surface area contributed by atoms with Crippen LogP contribution in [0.3, 0.4) is 0 Å². The second-order valence-electron chi connectivity index (χ2n) is 3.88. The largest absolute Gasteiger partial charge is 0.496 e. The number of aromatic nitrogens is 1. The monoisotopic (exact) mass is 316 g/mol. The van der Waals surface area contributed by atoms with Gasteiger partial charge in [-0.05, 0) is 24.3 Å². The van der Waals surface area contributed by atoms with Crippen molar-refractivity contribution in [2.45, 2.75) is 6.04 Å². The van der Waals surface area contributed by atoms with Crippen LogP contribution in [-0.2, 0) is 0 Å². The molecule has 0 bridgehead atoms. The molecule has 1 unspecified atom stereocenters. The Kier molecular flexibility index (Phi) is 4.53. The minimum Gasteiger partial charge on any atom is -0.496 e. The van der Waals surface area contributed by atoms with Crippen LogP contribution < -0.4 is 10.5 Å². The summed E-state index contributed by atoms with van der Waals surface area (Å²) in [7, 11) is 1.57. The smallest absolute Gasteiger partial charge is 0.124 e. The van der Waals surface area contributed by atoms with Gasteiger partial charge in [0.05, 0.1) is 28.9 Å². The number of hydrogen-bond acceptors (Lipinski definition) is 3. The van der Waals surface area contributed by atoms with Gasteiger partial charge in [-0.3, -0.25) is 4.98 Å². The highest BCUT2D eigenvalue weighted by molar-refractivity contribution is 6.34. The van der Waals surface area contributed by atoms with E-state index in [0.29, 0.717) is 32.1 Å². The number of nitrogens with two attached hydrogens (primary N) is 1. The first-order valence-corrected chi connectivity index (χ1v) is 6.56. The van der Waals surface area contributed by atoms with Crippen LogP contribution in [-0.4, -0.2) is 12.1 Å². The van der Waals surface area contributed by atoms with E-state index in [1.807, 2.05) is 0 Å². The number of rotatable bonds is 3. The average Bonchev–Trinajstić information content (AvgIpc) is 2.38. The van der Waals surface area contributed by atoms with Gasteiger partial charge < -0.3 is 10.5 Å². The Morgan fingerprint density at radius 1 is 1.16 bits per heavy atom. The number of nitrogens with zero attached hydrogens (tertiary/aromatic N) is 1. The quantitative estimate of drug-likeness (QED) is 0.927. The molecule has 0 fully saturated rings. The molecule has 0 saturated heterocycles. The van der Waals surface area contributed by atoms with Crippen LogP contribution in [0, 0.1) is 0 Å². The first kappa shape index (κ1) is 14.4. The lowest BCUT2D eigenvalue weighted by atomic mass is 10.0. The predicted molar refractivity (Wildman–Crippen MR) is 78.3 cm³/mol. The van der Waals surface area contributed by atoms with Crippen LogP contribution in [0.15, 0.2) is 30.5 Å². The van der Waals surface area contributed by atoms with E-state index in [0.717, 1.165) is 0 Å². The molecule has 0 radical (unpaired) electrons. The maximum Gasteiger partial charge on any atom is 0.124 e. The molecule has 1 atom stereocenters. The molecule has 2 N–H and O–H groups in total. The maximum atomic E-state index is 6.18. The molecule has 1 heterocycles. The minimum absolute atomic E-state index is 0.405. The van der Waals surface area contributed by atoms with Gasteiger partial charge in [0.15, 0.2) is 0 Å². The topological polar surface area (TPSA) is 48.1 Å². The van der Waals surface area contributed by atoms with Gasteiger partial charge >= 0.3 is 0 Å². The van der Waals surface area contributed by atoms with Gasteiger partial charge in [0.1, 0.15) is 5.75 Å². The molecular weight excluding hydrogens is 307 g/mol. The summed E-state index contributed by atoms with van der Waals surface area (Å²) in [6, 6.07) is 6.27. The average molecular weight is 318 g/mol. The lowest BCUT2D eigenvalue weighted by molar-refractivity contribution is 0.407. The lowest BCUT2D eigenvalue weighted by Crippen LogP contribution is -2.15. The van der Waals surface area contributed by atoms with E-state index < -0.39 is 6.04 Å². The van der Waals surface area contributed by atoms with Gasteiger partial charge in [0, 0.05) is 16.8 Å². The third kappa shape index (κ3) is 3.12. The van der Waals surface area contributed by atoms with Crippen molar-refractivity contribution in [1.29, 1.82) is 0 Å². The van der Waals surface area contributed by atoms with Crippen molar-refractivity contribution in [2.75, 3.05) is 7.11 Å². The van der Waals surface area contributed by atoms with Crippen molar-refractivity contribution in [3.05, 3.63) is 56.8 Å². The Bertz CT molecular complexity index is 604. The highest BCUT2D eigenvalue weighted by Crippen LogP contribution is 2.33. The van der Waals surface area contributed by atoms with Crippen LogP contribution >= 0.6 is 34.8 Å². The van der Waals surface area contributed by atoms with Crippen molar-refractivity contribution in [3.8, 4) is 5.75 Å². The van der Waals surface area contributed by atoms with Crippen LogP contribution in [0.1, 0.15) is 17.3 Å². The van der Waals surface area contributed by atoms with E-state index in [9.17, 15) is 0 Å². The van der Waals surface area contributed by atoms with Gasteiger partial charge in [-0.1, -0.05) is 34.8 Å². The molecule has 0 amide bonds. The molecule has 1 aromatic carbocycles. The van der Waals surface area contributed by atoms with Crippen molar-refractivity contribution < 1.29 is 4.74 Å². The molecule has 0 aliphatic carbocycles. The van der Waals surface area contributed by atoms with Gasteiger partial charge in [0.25, 0.3) is 0 Å². The van der Waals surface area contributed by atoms with E-state index in [1.165, 1.54) is 6.20 Å². The van der Waals surface area contributed by atoms with E-state index in [2.05, 4.69) is 4.98 Å². The number of ether oxygens (including phenoxy) is 1. The summed E-state index contributed by atoms with van der Waals surface area (Å²) in [5, 5.41) is 1.43. The summed E-state index contributed by atoms with van der Waals surface area (Å²) in [5.41, 5.74) is 7.42. The van der Waals surface area contributed by atoms with E-state index >= 15 is 0 Å². The molecule has 3 nitrogen and oxygen atoms in total. The number of hydrogen-bond donors (Lipinski definition) is 1. The summed E-state index contributed by atoms with van der Waals surface area (Å²) in [6.07, 6.45) is 1.50. The first-order chi connectivity index (χ1) is 9.02. The Morgan fingerprint density at radius 2 is 1.89 bits per heavy atom. The Labute approximate surface area is 126 Å². The standard InChI is InChI=1S/C13H11Cl3N2O/c1-19-11-3-2-7(14)4-9(11)12(17)13-10(16)5-8(15)6-18-13/h2-6,12H,17H2,1H3. The fraction of sp³-hybridized carbons (Fsp3) is 0.154. The summed E-state index contributed by atoms with van der Waals surface area (Å²) < 4.78 is 5.27.